The van der Waals surface area contributed by atoms with E-state index in [2.05, 4.69) is 37.9 Å². The Hall–Kier alpha value is -2.16. The predicted molar refractivity (Wildman–Crippen MR) is 143 cm³/mol. The Morgan fingerprint density at radius 2 is 1.71 bits per heavy atom. The maximum absolute atomic E-state index is 14.1. The summed E-state index contributed by atoms with van der Waals surface area (Å²) in [5.74, 6) is -0.00884. The van der Waals surface area contributed by atoms with Gasteiger partial charge in [-0.2, -0.15) is 5.10 Å². The number of likely N-dealkylation sites (tertiary alicyclic amines) is 1. The molecule has 2 N–H and O–H groups in total. The Labute approximate surface area is 220 Å². The van der Waals surface area contributed by atoms with Crippen molar-refractivity contribution in [2.24, 2.45) is 0 Å². The minimum atomic E-state index is -0.361. The van der Waals surface area contributed by atoms with Crippen molar-refractivity contribution >= 4 is 65.4 Å². The van der Waals surface area contributed by atoms with Gasteiger partial charge in [0.1, 0.15) is 11.6 Å². The molecular weight excluding hydrogens is 521 g/mol. The highest BCUT2D eigenvalue weighted by molar-refractivity contribution is 6.35. The van der Waals surface area contributed by atoms with Crippen molar-refractivity contribution < 1.29 is 4.39 Å². The van der Waals surface area contributed by atoms with Gasteiger partial charge >= 0.3 is 0 Å². The molecule has 4 aromatic rings. The minimum Gasteiger partial charge on any atom is -0.383 e. The molecule has 0 bridgehead atoms. The maximum atomic E-state index is 14.1. The van der Waals surface area contributed by atoms with E-state index in [9.17, 15) is 4.39 Å². The zero-order chi connectivity index (χ0) is 21.5. The molecule has 0 radical (unpaired) electrons. The number of nitrogens with two attached hydrogens (primary N) is 1. The van der Waals surface area contributed by atoms with Gasteiger partial charge < -0.3 is 10.6 Å². The Morgan fingerprint density at radius 1 is 0.971 bits per heavy atom. The Kier molecular flexibility index (Phi) is 9.51. The average Bonchev–Trinajstić information content (AvgIpc) is 3.27. The lowest BCUT2D eigenvalue weighted by atomic mass is 10.0. The second kappa shape index (κ2) is 11.5. The number of anilines is 1. The second-order valence-corrected chi connectivity index (χ2v) is 8.45. The molecule has 34 heavy (non-hydrogen) atoms. The molecule has 3 aromatic heterocycles. The first-order chi connectivity index (χ1) is 15.0. The molecule has 4 heterocycles. The van der Waals surface area contributed by atoms with Crippen molar-refractivity contribution in [3.63, 3.8) is 0 Å². The molecule has 0 unspecified atom stereocenters. The van der Waals surface area contributed by atoms with E-state index in [4.69, 9.17) is 17.3 Å². The van der Waals surface area contributed by atoms with Crippen LogP contribution < -0.4 is 5.73 Å². The molecule has 0 aliphatic carbocycles. The number of hydrogen-bond acceptors (Lipinski definition) is 5. The summed E-state index contributed by atoms with van der Waals surface area (Å²) >= 11 is 6.29. The Bertz CT molecular complexity index is 1270. The van der Waals surface area contributed by atoms with Gasteiger partial charge in [-0.1, -0.05) is 11.6 Å². The number of fused-ring (bicyclic) bond motifs is 1. The zero-order valence-electron chi connectivity index (χ0n) is 18.3. The van der Waals surface area contributed by atoms with Crippen LogP contribution in [0.25, 0.3) is 33.2 Å². The lowest BCUT2D eigenvalue weighted by Crippen LogP contribution is -2.31. The molecule has 1 fully saturated rings. The fraction of sp³-hybridized carbons (Fsp3) is 0.261. The number of pyridine rings is 2. The van der Waals surface area contributed by atoms with Crippen molar-refractivity contribution in [2.45, 2.75) is 18.9 Å². The summed E-state index contributed by atoms with van der Waals surface area (Å²) in [7, 11) is 2.15. The summed E-state index contributed by atoms with van der Waals surface area (Å²) in [6.45, 7) is 2.15. The molecule has 0 saturated carbocycles. The summed E-state index contributed by atoms with van der Waals surface area (Å²) in [6.07, 6.45) is 9.31. The molecular formula is C23H25Cl4FN6. The van der Waals surface area contributed by atoms with Crippen molar-refractivity contribution in [3.05, 3.63) is 59.9 Å². The first kappa shape index (κ1) is 28.1. The fourth-order valence-electron chi connectivity index (χ4n) is 4.10. The fourth-order valence-corrected chi connectivity index (χ4v) is 4.32. The average molecular weight is 546 g/mol. The van der Waals surface area contributed by atoms with E-state index in [0.29, 0.717) is 38.9 Å². The number of rotatable bonds is 3. The van der Waals surface area contributed by atoms with Crippen LogP contribution in [0.1, 0.15) is 18.9 Å². The first-order valence-corrected chi connectivity index (χ1v) is 10.6. The van der Waals surface area contributed by atoms with Gasteiger partial charge in [0, 0.05) is 51.1 Å². The Morgan fingerprint density at radius 3 is 2.44 bits per heavy atom. The van der Waals surface area contributed by atoms with Crippen LogP contribution in [0.15, 0.2) is 49.1 Å². The number of benzene rings is 1. The van der Waals surface area contributed by atoms with E-state index >= 15 is 0 Å². The molecule has 6 nitrogen and oxygen atoms in total. The highest BCUT2D eigenvalue weighted by atomic mass is 35.5. The van der Waals surface area contributed by atoms with Crippen LogP contribution >= 0.6 is 48.8 Å². The van der Waals surface area contributed by atoms with E-state index < -0.39 is 0 Å². The lowest BCUT2D eigenvalue weighted by molar-refractivity contribution is 0.212. The monoisotopic (exact) mass is 544 g/mol. The third kappa shape index (κ3) is 5.39. The van der Waals surface area contributed by atoms with E-state index in [1.54, 1.807) is 18.3 Å². The Balaban J connectivity index is 0.00000136. The second-order valence-electron chi connectivity index (χ2n) is 8.04. The smallest absolute Gasteiger partial charge is 0.132 e. The normalized spacial score (nSPS) is 14.2. The van der Waals surface area contributed by atoms with Gasteiger partial charge in [0.25, 0.3) is 0 Å². The van der Waals surface area contributed by atoms with Crippen LogP contribution in [-0.4, -0.2) is 44.8 Å². The van der Waals surface area contributed by atoms with E-state index in [1.165, 1.54) is 12.3 Å². The van der Waals surface area contributed by atoms with Crippen LogP contribution in [0.2, 0.25) is 5.02 Å². The molecule has 11 heteroatoms. The van der Waals surface area contributed by atoms with Crippen molar-refractivity contribution in [1.29, 1.82) is 0 Å². The van der Waals surface area contributed by atoms with Crippen LogP contribution in [0.4, 0.5) is 10.2 Å². The standard InChI is InChI=1S/C23H22ClFN6.3ClH/c1-30-6-4-16(5-7-30)31-13-15(11-29-31)14-8-18(23(26)28-10-14)22-9-17-19(12-27-22)21(25)3-2-20(17)24;;;/h2-3,8-13,16H,4-7H2,1H3,(H2,26,28);3*1H. The number of hydrogen-bond donors (Lipinski definition) is 1. The largest absolute Gasteiger partial charge is 0.383 e. The molecule has 1 aliphatic rings. The SMILES string of the molecule is CN1CCC(n2cc(-c3cnc(N)c(-c4cc5c(Cl)ccc(F)c5cn4)c3)cn2)CC1.Cl.Cl.Cl. The third-order valence-electron chi connectivity index (χ3n) is 5.99. The summed E-state index contributed by atoms with van der Waals surface area (Å²) in [5, 5.41) is 6.02. The number of aromatic nitrogens is 4. The summed E-state index contributed by atoms with van der Waals surface area (Å²) < 4.78 is 16.1. The molecule has 0 amide bonds. The summed E-state index contributed by atoms with van der Waals surface area (Å²) in [6, 6.07) is 6.98. The molecule has 0 atom stereocenters. The first-order valence-electron chi connectivity index (χ1n) is 10.2. The highest BCUT2D eigenvalue weighted by Gasteiger charge is 2.19. The molecule has 1 aliphatic heterocycles. The number of nitrogens with zero attached hydrogens (tertiary/aromatic N) is 5. The number of piperidine rings is 1. The zero-order valence-corrected chi connectivity index (χ0v) is 21.5. The van der Waals surface area contributed by atoms with Crippen LogP contribution in [0, 0.1) is 5.82 Å². The van der Waals surface area contributed by atoms with Gasteiger partial charge in [-0.3, -0.25) is 9.67 Å². The van der Waals surface area contributed by atoms with E-state index in [0.717, 1.165) is 37.1 Å². The van der Waals surface area contributed by atoms with E-state index in [1.807, 2.05) is 12.3 Å². The van der Waals surface area contributed by atoms with Gasteiger partial charge in [-0.15, -0.1) is 37.2 Å². The van der Waals surface area contributed by atoms with Crippen LogP contribution in [0.3, 0.4) is 0 Å². The number of nitrogen functional groups attached to an aromatic ring is 1. The molecule has 5 rings (SSSR count). The van der Waals surface area contributed by atoms with Crippen molar-refractivity contribution in [2.75, 3.05) is 25.9 Å². The maximum Gasteiger partial charge on any atom is 0.132 e. The van der Waals surface area contributed by atoms with Crippen molar-refractivity contribution in [1.82, 2.24) is 24.6 Å². The van der Waals surface area contributed by atoms with Gasteiger partial charge in [0.2, 0.25) is 0 Å². The van der Waals surface area contributed by atoms with Gasteiger partial charge in [-0.25, -0.2) is 9.37 Å². The highest BCUT2D eigenvalue weighted by Crippen LogP contribution is 2.33. The van der Waals surface area contributed by atoms with Crippen LogP contribution in [0.5, 0.6) is 0 Å². The molecule has 1 saturated heterocycles. The number of halogens is 5. The third-order valence-corrected chi connectivity index (χ3v) is 6.32. The van der Waals surface area contributed by atoms with Crippen molar-refractivity contribution in [3.8, 4) is 22.4 Å². The van der Waals surface area contributed by atoms with Crippen LogP contribution in [-0.2, 0) is 0 Å². The quantitative estimate of drug-likeness (QED) is 0.338. The van der Waals surface area contributed by atoms with Gasteiger partial charge in [0.15, 0.2) is 0 Å². The molecule has 1 aromatic carbocycles. The molecule has 182 valence electrons. The lowest BCUT2D eigenvalue weighted by Gasteiger charge is -2.28. The summed E-state index contributed by atoms with van der Waals surface area (Å²) in [5.41, 5.74) is 9.30. The predicted octanol–water partition coefficient (Wildman–Crippen LogP) is 6.07. The minimum absolute atomic E-state index is 0. The van der Waals surface area contributed by atoms with Gasteiger partial charge in [0.05, 0.1) is 17.9 Å². The van der Waals surface area contributed by atoms with E-state index in [-0.39, 0.29) is 43.0 Å². The molecule has 0 spiro atoms. The topological polar surface area (TPSA) is 72.9 Å². The summed E-state index contributed by atoms with van der Waals surface area (Å²) in [4.78, 5) is 11.1. The van der Waals surface area contributed by atoms with Gasteiger partial charge in [-0.05, 0) is 57.2 Å².